The molecule has 0 aliphatic heterocycles. The molecule has 2 aromatic heterocycles. The van der Waals surface area contributed by atoms with Gasteiger partial charge in [0.05, 0.1) is 0 Å². The van der Waals surface area contributed by atoms with Crippen molar-refractivity contribution in [3.8, 4) is 0 Å². The molecule has 1 atom stereocenters. The molecule has 0 aliphatic rings. The van der Waals surface area contributed by atoms with E-state index < -0.39 is 30.8 Å². The first kappa shape index (κ1) is 21.8. The van der Waals surface area contributed by atoms with E-state index in [-0.39, 0.29) is 18.0 Å². The van der Waals surface area contributed by atoms with Gasteiger partial charge in [0.2, 0.25) is 0 Å². The molecule has 0 bridgehead atoms. The van der Waals surface area contributed by atoms with Crippen molar-refractivity contribution in [1.29, 1.82) is 0 Å². The predicted molar refractivity (Wildman–Crippen MR) is 96.9 cm³/mol. The summed E-state index contributed by atoms with van der Waals surface area (Å²) in [5.41, 5.74) is 1.27. The highest BCUT2D eigenvalue weighted by molar-refractivity contribution is 5.58. The lowest BCUT2D eigenvalue weighted by Gasteiger charge is -2.23. The van der Waals surface area contributed by atoms with E-state index in [0.29, 0.717) is 21.2 Å². The van der Waals surface area contributed by atoms with Crippen molar-refractivity contribution in [2.75, 3.05) is 11.9 Å². The molecule has 0 fully saturated rings. The van der Waals surface area contributed by atoms with E-state index in [4.69, 9.17) is 0 Å². The molecule has 3 aromatic rings. The average molecular weight is 432 g/mol. The van der Waals surface area contributed by atoms with Crippen LogP contribution in [0, 0.1) is 13.8 Å². The Labute approximate surface area is 167 Å². The van der Waals surface area contributed by atoms with E-state index in [1.807, 2.05) is 0 Å². The third-order valence-corrected chi connectivity index (χ3v) is 4.61. The number of nitrogens with zero attached hydrogens (tertiary/aromatic N) is 4. The number of halogens is 6. The van der Waals surface area contributed by atoms with E-state index >= 15 is 0 Å². The van der Waals surface area contributed by atoms with Gasteiger partial charge in [0.1, 0.15) is 11.9 Å². The quantitative estimate of drug-likeness (QED) is 0.579. The lowest BCUT2D eigenvalue weighted by molar-refractivity contribution is -0.152. The highest BCUT2D eigenvalue weighted by Gasteiger charge is 2.40. The molecular formula is C18H18F6N6. The molecule has 0 aliphatic carbocycles. The SMILES string of the molecule is Cc1c(NCC(NCc2ccccc2)C(F)(F)F)nn2c(C(F)(F)F)nnc2c1C. The minimum atomic E-state index is -4.81. The van der Waals surface area contributed by atoms with E-state index in [2.05, 4.69) is 25.9 Å². The first-order valence-corrected chi connectivity index (χ1v) is 8.86. The molecule has 162 valence electrons. The molecule has 0 amide bonds. The fourth-order valence-electron chi connectivity index (χ4n) is 2.81. The summed E-state index contributed by atoms with van der Waals surface area (Å²) in [7, 11) is 0. The van der Waals surface area contributed by atoms with Crippen LogP contribution in [0.2, 0.25) is 0 Å². The topological polar surface area (TPSA) is 67.1 Å². The Morgan fingerprint density at radius 3 is 2.23 bits per heavy atom. The van der Waals surface area contributed by atoms with Gasteiger partial charge in [0, 0.05) is 18.7 Å². The largest absolute Gasteiger partial charge is 0.453 e. The molecule has 3 rings (SSSR count). The van der Waals surface area contributed by atoms with Gasteiger partial charge in [-0.25, -0.2) is 0 Å². The maximum Gasteiger partial charge on any atom is 0.453 e. The third-order valence-electron chi connectivity index (χ3n) is 4.61. The lowest BCUT2D eigenvalue weighted by Crippen LogP contribution is -2.46. The number of hydrogen-bond donors (Lipinski definition) is 2. The summed E-state index contributed by atoms with van der Waals surface area (Å²) in [6.07, 6.45) is -9.39. The molecule has 0 saturated carbocycles. The second kappa shape index (κ2) is 8.09. The smallest absolute Gasteiger partial charge is 0.366 e. The Morgan fingerprint density at radius 1 is 0.967 bits per heavy atom. The number of benzene rings is 1. The van der Waals surface area contributed by atoms with Crippen LogP contribution in [-0.4, -0.2) is 38.6 Å². The Kier molecular flexibility index (Phi) is 5.88. The molecule has 6 nitrogen and oxygen atoms in total. The average Bonchev–Trinajstić information content (AvgIpc) is 3.09. The monoisotopic (exact) mass is 432 g/mol. The third kappa shape index (κ3) is 4.64. The van der Waals surface area contributed by atoms with Crippen molar-refractivity contribution in [3.63, 3.8) is 0 Å². The van der Waals surface area contributed by atoms with Gasteiger partial charge in [-0.1, -0.05) is 30.3 Å². The Bertz CT molecular complexity index is 1010. The van der Waals surface area contributed by atoms with Gasteiger partial charge in [-0.15, -0.1) is 15.3 Å². The van der Waals surface area contributed by atoms with Gasteiger partial charge < -0.3 is 10.6 Å². The summed E-state index contributed by atoms with van der Waals surface area (Å²) < 4.78 is 80.1. The van der Waals surface area contributed by atoms with Crippen molar-refractivity contribution < 1.29 is 26.3 Å². The number of aryl methyl sites for hydroxylation is 1. The van der Waals surface area contributed by atoms with Crippen LogP contribution in [0.15, 0.2) is 30.3 Å². The number of rotatable bonds is 6. The Hall–Kier alpha value is -2.89. The zero-order chi connectivity index (χ0) is 22.1. The van der Waals surface area contributed by atoms with E-state index in [1.54, 1.807) is 30.3 Å². The summed E-state index contributed by atoms with van der Waals surface area (Å²) in [5.74, 6) is -1.46. The second-order valence-electron chi connectivity index (χ2n) is 6.70. The van der Waals surface area contributed by atoms with Crippen LogP contribution in [0.5, 0.6) is 0 Å². The van der Waals surface area contributed by atoms with Crippen LogP contribution in [0.1, 0.15) is 22.5 Å². The van der Waals surface area contributed by atoms with E-state index in [1.165, 1.54) is 13.8 Å². The van der Waals surface area contributed by atoms with Crippen LogP contribution in [0.4, 0.5) is 32.2 Å². The first-order valence-electron chi connectivity index (χ1n) is 8.86. The minimum Gasteiger partial charge on any atom is -0.366 e. The molecule has 0 spiro atoms. The molecule has 0 saturated heterocycles. The minimum absolute atomic E-state index is 0.0270. The lowest BCUT2D eigenvalue weighted by atomic mass is 10.1. The van der Waals surface area contributed by atoms with Crippen LogP contribution in [-0.2, 0) is 12.7 Å². The Morgan fingerprint density at radius 2 is 1.63 bits per heavy atom. The summed E-state index contributed by atoms with van der Waals surface area (Å²) in [6.45, 7) is 2.38. The van der Waals surface area contributed by atoms with Crippen molar-refractivity contribution in [2.24, 2.45) is 0 Å². The zero-order valence-corrected chi connectivity index (χ0v) is 15.9. The van der Waals surface area contributed by atoms with Crippen molar-refractivity contribution in [2.45, 2.75) is 38.8 Å². The number of aromatic nitrogens is 4. The summed E-state index contributed by atoms with van der Waals surface area (Å²) in [5, 5.41) is 15.3. The predicted octanol–water partition coefficient (Wildman–Crippen LogP) is 3.89. The number of hydrogen-bond acceptors (Lipinski definition) is 5. The standard InChI is InChI=1S/C18H18F6N6/c1-10-11(2)15-27-28-16(18(22,23)24)30(15)29-14(10)26-9-13(17(19,20)21)25-8-12-6-4-3-5-7-12/h3-7,13,25H,8-9H2,1-2H3,(H,26,29). The number of alkyl halides is 6. The van der Waals surface area contributed by atoms with Crippen LogP contribution < -0.4 is 10.6 Å². The molecule has 12 heteroatoms. The van der Waals surface area contributed by atoms with Gasteiger partial charge in [-0.05, 0) is 25.0 Å². The van der Waals surface area contributed by atoms with E-state index in [9.17, 15) is 26.3 Å². The molecule has 0 radical (unpaired) electrons. The van der Waals surface area contributed by atoms with Gasteiger partial charge >= 0.3 is 12.4 Å². The molecule has 30 heavy (non-hydrogen) atoms. The normalized spacial score (nSPS) is 13.6. The highest BCUT2D eigenvalue weighted by atomic mass is 19.4. The maximum absolute atomic E-state index is 13.4. The van der Waals surface area contributed by atoms with Crippen LogP contribution >= 0.6 is 0 Å². The van der Waals surface area contributed by atoms with Crippen molar-refractivity contribution in [1.82, 2.24) is 25.1 Å². The zero-order valence-electron chi connectivity index (χ0n) is 15.9. The summed E-state index contributed by atoms with van der Waals surface area (Å²) in [6, 6.07) is 6.58. The summed E-state index contributed by atoms with van der Waals surface area (Å²) >= 11 is 0. The second-order valence-corrected chi connectivity index (χ2v) is 6.70. The van der Waals surface area contributed by atoms with E-state index in [0.717, 1.165) is 0 Å². The van der Waals surface area contributed by atoms with Gasteiger partial charge in [-0.3, -0.25) is 0 Å². The first-order chi connectivity index (χ1) is 14.0. The molecule has 2 heterocycles. The summed E-state index contributed by atoms with van der Waals surface area (Å²) in [4.78, 5) is 0. The fraction of sp³-hybridized carbons (Fsp3) is 0.389. The van der Waals surface area contributed by atoms with Gasteiger partial charge in [-0.2, -0.15) is 30.9 Å². The van der Waals surface area contributed by atoms with Crippen LogP contribution in [0.25, 0.3) is 5.65 Å². The number of fused-ring (bicyclic) bond motifs is 1. The van der Waals surface area contributed by atoms with Crippen molar-refractivity contribution in [3.05, 3.63) is 52.8 Å². The van der Waals surface area contributed by atoms with Gasteiger partial charge in [0.15, 0.2) is 5.65 Å². The van der Waals surface area contributed by atoms with Crippen LogP contribution in [0.3, 0.4) is 0 Å². The molecule has 2 N–H and O–H groups in total. The molecule has 1 aromatic carbocycles. The van der Waals surface area contributed by atoms with Gasteiger partial charge in [0.25, 0.3) is 5.82 Å². The fourth-order valence-corrected chi connectivity index (χ4v) is 2.81. The highest BCUT2D eigenvalue weighted by Crippen LogP contribution is 2.30. The maximum atomic E-state index is 13.4. The molecular weight excluding hydrogens is 414 g/mol. The number of anilines is 1. The van der Waals surface area contributed by atoms with Crippen molar-refractivity contribution >= 4 is 11.5 Å². The molecule has 1 unspecified atom stereocenters. The number of nitrogens with one attached hydrogen (secondary N) is 2. The Balaban J connectivity index is 1.83.